The highest BCUT2D eigenvalue weighted by Crippen LogP contribution is 2.32. The lowest BCUT2D eigenvalue weighted by Crippen LogP contribution is -2.20. The van der Waals surface area contributed by atoms with Gasteiger partial charge in [-0.2, -0.15) is 4.98 Å². The lowest BCUT2D eigenvalue weighted by atomic mass is 10.1. The smallest absolute Gasteiger partial charge is 0.293 e. The lowest BCUT2D eigenvalue weighted by molar-refractivity contribution is -0.384. The normalized spacial score (nSPS) is 13.5. The average Bonchev–Trinajstić information content (AvgIpc) is 3.40. The molecular weight excluding hydrogens is 374 g/mol. The molecule has 148 valence electrons. The van der Waals surface area contributed by atoms with Gasteiger partial charge in [0.2, 0.25) is 11.7 Å². The first-order chi connectivity index (χ1) is 14.0. The SMILES string of the molecule is Cc1nc(-c2ccccc2NC(=O)c2ccc(N3CCCC3)c([N+](=O)[O-])c2)no1. The predicted molar refractivity (Wildman–Crippen MR) is 107 cm³/mol. The van der Waals surface area contributed by atoms with Crippen molar-refractivity contribution in [3.8, 4) is 11.4 Å². The molecule has 1 aliphatic heterocycles. The Morgan fingerprint density at radius 1 is 1.21 bits per heavy atom. The van der Waals surface area contributed by atoms with Crippen LogP contribution in [-0.2, 0) is 0 Å². The summed E-state index contributed by atoms with van der Waals surface area (Å²) in [5.41, 5.74) is 1.78. The lowest BCUT2D eigenvalue weighted by Gasteiger charge is -2.18. The van der Waals surface area contributed by atoms with Crippen molar-refractivity contribution in [3.63, 3.8) is 0 Å². The summed E-state index contributed by atoms with van der Waals surface area (Å²) in [5, 5.41) is 18.3. The maximum atomic E-state index is 12.8. The number of nitro benzene ring substituents is 1. The Morgan fingerprint density at radius 2 is 1.97 bits per heavy atom. The second kappa shape index (κ2) is 7.70. The molecule has 1 N–H and O–H groups in total. The van der Waals surface area contributed by atoms with Crippen molar-refractivity contribution in [1.82, 2.24) is 10.1 Å². The van der Waals surface area contributed by atoms with Crippen molar-refractivity contribution in [3.05, 3.63) is 64.0 Å². The summed E-state index contributed by atoms with van der Waals surface area (Å²) in [6, 6.07) is 11.6. The molecule has 0 spiro atoms. The third kappa shape index (κ3) is 3.79. The quantitative estimate of drug-likeness (QED) is 0.518. The summed E-state index contributed by atoms with van der Waals surface area (Å²) in [6.07, 6.45) is 2.01. The van der Waals surface area contributed by atoms with Gasteiger partial charge in [0.1, 0.15) is 5.69 Å². The van der Waals surface area contributed by atoms with Crippen LogP contribution in [0.15, 0.2) is 47.0 Å². The van der Waals surface area contributed by atoms with Crippen LogP contribution >= 0.6 is 0 Å². The van der Waals surface area contributed by atoms with Crippen molar-refractivity contribution in [2.45, 2.75) is 19.8 Å². The van der Waals surface area contributed by atoms with E-state index in [1.807, 2.05) is 4.90 Å². The third-order valence-electron chi connectivity index (χ3n) is 4.82. The highest BCUT2D eigenvalue weighted by molar-refractivity contribution is 6.06. The molecular formula is C20H19N5O4. The van der Waals surface area contributed by atoms with Gasteiger partial charge in [-0.3, -0.25) is 14.9 Å². The monoisotopic (exact) mass is 393 g/mol. The maximum Gasteiger partial charge on any atom is 0.293 e. The number of rotatable bonds is 5. The number of hydrogen-bond acceptors (Lipinski definition) is 7. The summed E-state index contributed by atoms with van der Waals surface area (Å²) >= 11 is 0. The van der Waals surface area contributed by atoms with E-state index in [1.165, 1.54) is 6.07 Å². The van der Waals surface area contributed by atoms with Crippen LogP contribution in [0.25, 0.3) is 11.4 Å². The van der Waals surface area contributed by atoms with Gasteiger partial charge in [0.05, 0.1) is 10.6 Å². The average molecular weight is 393 g/mol. The van der Waals surface area contributed by atoms with Gasteiger partial charge in [0, 0.05) is 37.2 Å². The highest BCUT2D eigenvalue weighted by atomic mass is 16.6. The number of para-hydroxylation sites is 1. The van der Waals surface area contributed by atoms with Crippen LogP contribution in [0.4, 0.5) is 17.1 Å². The summed E-state index contributed by atoms with van der Waals surface area (Å²) < 4.78 is 5.01. The molecule has 1 aliphatic rings. The predicted octanol–water partition coefficient (Wildman–Crippen LogP) is 3.81. The minimum absolute atomic E-state index is 0.0679. The zero-order valence-corrected chi connectivity index (χ0v) is 15.8. The molecule has 0 unspecified atom stereocenters. The molecule has 0 bridgehead atoms. The molecule has 1 aromatic heterocycles. The van der Waals surface area contributed by atoms with Crippen LogP contribution in [0.3, 0.4) is 0 Å². The van der Waals surface area contributed by atoms with Crippen LogP contribution < -0.4 is 10.2 Å². The fraction of sp³-hybridized carbons (Fsp3) is 0.250. The summed E-state index contributed by atoms with van der Waals surface area (Å²) in [4.78, 5) is 30.1. The molecule has 29 heavy (non-hydrogen) atoms. The van der Waals surface area contributed by atoms with Crippen molar-refractivity contribution >= 4 is 23.0 Å². The third-order valence-corrected chi connectivity index (χ3v) is 4.82. The molecule has 1 saturated heterocycles. The number of aromatic nitrogens is 2. The number of nitrogens with one attached hydrogen (secondary N) is 1. The number of carbonyl (C=O) groups is 1. The molecule has 1 fully saturated rings. The van der Waals surface area contributed by atoms with E-state index in [1.54, 1.807) is 43.3 Å². The van der Waals surface area contributed by atoms with Crippen LogP contribution in [0.1, 0.15) is 29.1 Å². The van der Waals surface area contributed by atoms with Crippen molar-refractivity contribution in [2.24, 2.45) is 0 Å². The van der Waals surface area contributed by atoms with Gasteiger partial charge >= 0.3 is 0 Å². The van der Waals surface area contributed by atoms with Gasteiger partial charge in [0.15, 0.2) is 0 Å². The highest BCUT2D eigenvalue weighted by Gasteiger charge is 2.24. The Balaban J connectivity index is 1.63. The molecule has 3 aromatic rings. The van der Waals surface area contributed by atoms with Gasteiger partial charge in [-0.05, 0) is 37.1 Å². The zero-order valence-electron chi connectivity index (χ0n) is 15.8. The van der Waals surface area contributed by atoms with Crippen LogP contribution in [0.5, 0.6) is 0 Å². The first-order valence-electron chi connectivity index (χ1n) is 9.27. The zero-order chi connectivity index (χ0) is 20.4. The van der Waals surface area contributed by atoms with Crippen LogP contribution in [0.2, 0.25) is 0 Å². The van der Waals surface area contributed by atoms with Gasteiger partial charge in [-0.1, -0.05) is 17.3 Å². The number of benzene rings is 2. The van der Waals surface area contributed by atoms with E-state index in [0.29, 0.717) is 28.7 Å². The second-order valence-electron chi connectivity index (χ2n) is 6.79. The minimum atomic E-state index is -0.450. The fourth-order valence-corrected chi connectivity index (χ4v) is 3.43. The van der Waals surface area contributed by atoms with Gasteiger partial charge in [0.25, 0.3) is 11.6 Å². The number of nitro groups is 1. The largest absolute Gasteiger partial charge is 0.366 e. The molecule has 0 saturated carbocycles. The van der Waals surface area contributed by atoms with Gasteiger partial charge < -0.3 is 14.7 Å². The van der Waals surface area contributed by atoms with Crippen molar-refractivity contribution < 1.29 is 14.2 Å². The summed E-state index contributed by atoms with van der Waals surface area (Å²) in [6.45, 7) is 3.24. The van der Waals surface area contributed by atoms with Crippen molar-refractivity contribution in [2.75, 3.05) is 23.3 Å². The van der Waals surface area contributed by atoms with E-state index in [-0.39, 0.29) is 11.3 Å². The second-order valence-corrected chi connectivity index (χ2v) is 6.79. The number of nitrogens with zero attached hydrogens (tertiary/aromatic N) is 4. The van der Waals surface area contributed by atoms with Crippen LogP contribution in [-0.4, -0.2) is 34.1 Å². The Morgan fingerprint density at radius 3 is 2.66 bits per heavy atom. The van der Waals surface area contributed by atoms with Crippen LogP contribution in [0, 0.1) is 17.0 Å². The number of anilines is 2. The van der Waals surface area contributed by atoms with Crippen molar-refractivity contribution in [1.29, 1.82) is 0 Å². The molecule has 0 aliphatic carbocycles. The van der Waals surface area contributed by atoms with Gasteiger partial charge in [-0.25, -0.2) is 0 Å². The maximum absolute atomic E-state index is 12.8. The molecule has 1 amide bonds. The summed E-state index contributed by atoms with van der Waals surface area (Å²) in [5.74, 6) is 0.316. The summed E-state index contributed by atoms with van der Waals surface area (Å²) in [7, 11) is 0. The first-order valence-corrected chi connectivity index (χ1v) is 9.27. The Bertz CT molecular complexity index is 1070. The molecule has 2 aromatic carbocycles. The Kier molecular flexibility index (Phi) is 4.94. The topological polar surface area (TPSA) is 114 Å². The Hall–Kier alpha value is -3.75. The fourth-order valence-electron chi connectivity index (χ4n) is 3.43. The van der Waals surface area contributed by atoms with E-state index in [9.17, 15) is 14.9 Å². The first kappa shape index (κ1) is 18.6. The number of aryl methyl sites for hydroxylation is 1. The minimum Gasteiger partial charge on any atom is -0.366 e. The molecule has 4 rings (SSSR count). The van der Waals surface area contributed by atoms with E-state index in [2.05, 4.69) is 15.5 Å². The number of amides is 1. The van der Waals surface area contributed by atoms with E-state index >= 15 is 0 Å². The molecule has 2 heterocycles. The number of hydrogen-bond donors (Lipinski definition) is 1. The molecule has 0 radical (unpaired) electrons. The molecule has 0 atom stereocenters. The molecule has 9 heteroatoms. The standard InChI is InChI=1S/C20H19N5O4/c1-13-21-19(23-29-13)15-6-2-3-7-16(15)22-20(26)14-8-9-17(18(12-14)25(27)28)24-10-4-5-11-24/h2-3,6-9,12H,4-5,10-11H2,1H3,(H,22,26). The van der Waals surface area contributed by atoms with E-state index in [4.69, 9.17) is 4.52 Å². The van der Waals surface area contributed by atoms with E-state index in [0.717, 1.165) is 25.9 Å². The number of carbonyl (C=O) groups excluding carboxylic acids is 1. The Labute approximate surface area is 166 Å². The van der Waals surface area contributed by atoms with Gasteiger partial charge in [-0.15, -0.1) is 0 Å². The van der Waals surface area contributed by atoms with E-state index < -0.39 is 10.8 Å². The molecule has 9 nitrogen and oxygen atoms in total.